The Kier molecular flexibility index (Phi) is 5.98. The van der Waals surface area contributed by atoms with Gasteiger partial charge in [0.1, 0.15) is 17.0 Å². The van der Waals surface area contributed by atoms with E-state index in [1.54, 1.807) is 7.11 Å². The lowest BCUT2D eigenvalue weighted by Gasteiger charge is -2.38. The van der Waals surface area contributed by atoms with Crippen LogP contribution in [0.1, 0.15) is 29.5 Å². The van der Waals surface area contributed by atoms with E-state index in [-0.39, 0.29) is 6.61 Å². The summed E-state index contributed by atoms with van der Waals surface area (Å²) in [5, 5.41) is 0. The number of aldehydes is 1. The van der Waals surface area contributed by atoms with E-state index in [2.05, 4.69) is 24.3 Å². The van der Waals surface area contributed by atoms with Crippen LogP contribution >= 0.6 is 0 Å². The zero-order chi connectivity index (χ0) is 20.9. The van der Waals surface area contributed by atoms with Gasteiger partial charge in [0.05, 0.1) is 13.7 Å². The summed E-state index contributed by atoms with van der Waals surface area (Å²) in [7, 11) is 1.65. The molecule has 4 rings (SSSR count). The van der Waals surface area contributed by atoms with E-state index >= 15 is 0 Å². The highest BCUT2D eigenvalue weighted by molar-refractivity contribution is 5.63. The lowest BCUT2D eigenvalue weighted by Crippen LogP contribution is -2.42. The second-order valence-corrected chi connectivity index (χ2v) is 7.57. The quantitative estimate of drug-likeness (QED) is 0.403. The zero-order valence-electron chi connectivity index (χ0n) is 17.1. The van der Waals surface area contributed by atoms with Gasteiger partial charge in [-0.2, -0.15) is 0 Å². The van der Waals surface area contributed by atoms with Crippen molar-refractivity contribution in [3.63, 3.8) is 0 Å². The minimum Gasteiger partial charge on any atom is -0.497 e. The first-order valence-electron chi connectivity index (χ1n) is 10.2. The summed E-state index contributed by atoms with van der Waals surface area (Å²) in [4.78, 5) is 11.9. The number of benzene rings is 3. The van der Waals surface area contributed by atoms with Gasteiger partial charge in [-0.1, -0.05) is 72.8 Å². The average molecular weight is 402 g/mol. The highest BCUT2D eigenvalue weighted by atomic mass is 16.6. The smallest absolute Gasteiger partial charge is 0.154 e. The number of rotatable bonds is 8. The molecule has 1 aliphatic rings. The maximum Gasteiger partial charge on any atom is 0.154 e. The van der Waals surface area contributed by atoms with E-state index in [0.717, 1.165) is 35.1 Å². The summed E-state index contributed by atoms with van der Waals surface area (Å²) in [5.41, 5.74) is 1.14. The van der Waals surface area contributed by atoms with Crippen molar-refractivity contribution in [1.82, 2.24) is 0 Å². The minimum atomic E-state index is -0.902. The van der Waals surface area contributed by atoms with Crippen LogP contribution in [0.5, 0.6) is 5.75 Å². The van der Waals surface area contributed by atoms with Crippen molar-refractivity contribution in [3.05, 3.63) is 102 Å². The van der Waals surface area contributed by atoms with Gasteiger partial charge in [-0.05, 0) is 41.7 Å². The third-order valence-corrected chi connectivity index (χ3v) is 5.74. The first-order valence-corrected chi connectivity index (χ1v) is 10.2. The van der Waals surface area contributed by atoms with Crippen molar-refractivity contribution < 1.29 is 19.0 Å². The van der Waals surface area contributed by atoms with Gasteiger partial charge < -0.3 is 19.0 Å². The largest absolute Gasteiger partial charge is 0.497 e. The van der Waals surface area contributed by atoms with Crippen LogP contribution in [-0.2, 0) is 19.9 Å². The molecule has 4 heteroatoms. The number of carbonyl (C=O) groups is 1. The Labute approximate surface area is 177 Å². The molecule has 1 aliphatic heterocycles. The Morgan fingerprint density at radius 2 is 1.47 bits per heavy atom. The van der Waals surface area contributed by atoms with Crippen molar-refractivity contribution >= 4 is 6.29 Å². The summed E-state index contributed by atoms with van der Waals surface area (Å²) in [6.45, 7) is 0.751. The van der Waals surface area contributed by atoms with Gasteiger partial charge in [0.2, 0.25) is 0 Å². The molecule has 0 spiro atoms. The summed E-state index contributed by atoms with van der Waals surface area (Å²) in [5.74, 6) is 0.775. The maximum atomic E-state index is 11.9. The number of ether oxygens (including phenoxy) is 3. The molecule has 154 valence electrons. The maximum absolute atomic E-state index is 11.9. The molecule has 0 saturated carbocycles. The van der Waals surface area contributed by atoms with Crippen molar-refractivity contribution in [3.8, 4) is 5.75 Å². The van der Waals surface area contributed by atoms with Crippen LogP contribution < -0.4 is 4.74 Å². The predicted octanol–water partition coefficient (Wildman–Crippen LogP) is 4.75. The van der Waals surface area contributed by atoms with E-state index < -0.39 is 11.2 Å². The minimum absolute atomic E-state index is 0.173. The second-order valence-electron chi connectivity index (χ2n) is 7.57. The van der Waals surface area contributed by atoms with E-state index in [1.807, 2.05) is 60.7 Å². The van der Waals surface area contributed by atoms with E-state index in [0.29, 0.717) is 13.0 Å². The molecule has 30 heavy (non-hydrogen) atoms. The fourth-order valence-corrected chi connectivity index (χ4v) is 4.11. The van der Waals surface area contributed by atoms with Gasteiger partial charge in [0, 0.05) is 6.61 Å². The molecule has 0 bridgehead atoms. The van der Waals surface area contributed by atoms with Crippen LogP contribution in [0.4, 0.5) is 0 Å². The first-order chi connectivity index (χ1) is 14.7. The van der Waals surface area contributed by atoms with Crippen LogP contribution in [-0.4, -0.2) is 32.2 Å². The molecule has 1 unspecified atom stereocenters. The molecule has 3 aromatic carbocycles. The highest BCUT2D eigenvalue weighted by Gasteiger charge is 2.43. The summed E-state index contributed by atoms with van der Waals surface area (Å²) < 4.78 is 17.9. The lowest BCUT2D eigenvalue weighted by molar-refractivity contribution is -0.139. The zero-order valence-corrected chi connectivity index (χ0v) is 17.1. The molecule has 0 aromatic heterocycles. The number of carbonyl (C=O) groups excluding carboxylic acids is 1. The third kappa shape index (κ3) is 3.76. The lowest BCUT2D eigenvalue weighted by atomic mass is 9.80. The molecular formula is C26H26O4. The Balaban J connectivity index is 1.87. The molecule has 0 N–H and O–H groups in total. The third-order valence-electron chi connectivity index (χ3n) is 5.74. The summed E-state index contributed by atoms with van der Waals surface area (Å²) in [6.07, 6.45) is 2.42. The van der Waals surface area contributed by atoms with Crippen LogP contribution in [0.25, 0.3) is 0 Å². The SMILES string of the molecule is COc1ccc(C(OCC2(C=O)CCCO2)(c2ccccc2)c2ccccc2)cc1. The van der Waals surface area contributed by atoms with Crippen molar-refractivity contribution in [1.29, 1.82) is 0 Å². The number of hydrogen-bond acceptors (Lipinski definition) is 4. The monoisotopic (exact) mass is 402 g/mol. The Morgan fingerprint density at radius 1 is 0.900 bits per heavy atom. The fourth-order valence-electron chi connectivity index (χ4n) is 4.11. The normalized spacial score (nSPS) is 18.8. The molecule has 1 saturated heterocycles. The molecule has 1 atom stereocenters. The summed E-state index contributed by atoms with van der Waals surface area (Å²) in [6, 6.07) is 28.1. The standard InChI is InChI=1S/C26H26O4/c1-28-24-15-13-23(14-16-24)26(21-9-4-2-5-10-21,22-11-6-3-7-12-22)30-20-25(19-27)17-8-18-29-25/h2-7,9-16,19H,8,17-18,20H2,1H3. The second kappa shape index (κ2) is 8.82. The van der Waals surface area contributed by atoms with E-state index in [4.69, 9.17) is 14.2 Å². The van der Waals surface area contributed by atoms with E-state index in [9.17, 15) is 4.79 Å². The van der Waals surface area contributed by atoms with E-state index in [1.165, 1.54) is 0 Å². The molecular weight excluding hydrogens is 376 g/mol. The Hall–Kier alpha value is -2.95. The molecule has 1 fully saturated rings. The van der Waals surface area contributed by atoms with Crippen LogP contribution in [0.15, 0.2) is 84.9 Å². The van der Waals surface area contributed by atoms with Gasteiger partial charge in [0.15, 0.2) is 6.29 Å². The van der Waals surface area contributed by atoms with Crippen LogP contribution in [0, 0.1) is 0 Å². The topological polar surface area (TPSA) is 44.8 Å². The predicted molar refractivity (Wildman–Crippen MR) is 116 cm³/mol. The molecule has 3 aromatic rings. The number of hydrogen-bond donors (Lipinski definition) is 0. The highest BCUT2D eigenvalue weighted by Crippen LogP contribution is 2.42. The first kappa shape index (κ1) is 20.3. The van der Waals surface area contributed by atoms with Crippen LogP contribution in [0.3, 0.4) is 0 Å². The van der Waals surface area contributed by atoms with Crippen molar-refractivity contribution in [2.75, 3.05) is 20.3 Å². The molecule has 1 heterocycles. The molecule has 0 aliphatic carbocycles. The Bertz CT molecular complexity index is 906. The Morgan fingerprint density at radius 3 is 1.93 bits per heavy atom. The molecule has 0 amide bonds. The number of methoxy groups -OCH3 is 1. The average Bonchev–Trinajstić information content (AvgIpc) is 3.31. The van der Waals surface area contributed by atoms with Crippen LogP contribution in [0.2, 0.25) is 0 Å². The van der Waals surface area contributed by atoms with Crippen molar-refractivity contribution in [2.24, 2.45) is 0 Å². The van der Waals surface area contributed by atoms with Gasteiger partial charge >= 0.3 is 0 Å². The van der Waals surface area contributed by atoms with Gasteiger partial charge in [0.25, 0.3) is 0 Å². The summed E-state index contributed by atoms with van der Waals surface area (Å²) >= 11 is 0. The van der Waals surface area contributed by atoms with Gasteiger partial charge in [-0.25, -0.2) is 0 Å². The van der Waals surface area contributed by atoms with Crippen molar-refractivity contribution in [2.45, 2.75) is 24.0 Å². The molecule has 4 nitrogen and oxygen atoms in total. The van der Waals surface area contributed by atoms with Gasteiger partial charge in [-0.3, -0.25) is 0 Å². The fraction of sp³-hybridized carbons (Fsp3) is 0.269. The molecule has 0 radical (unpaired) electrons. The van der Waals surface area contributed by atoms with Gasteiger partial charge in [-0.15, -0.1) is 0 Å².